The number of carbonyl (C=O) groups excluding carboxylic acids is 1. The molecule has 1 unspecified atom stereocenters. The summed E-state index contributed by atoms with van der Waals surface area (Å²) in [5.74, 6) is 0.315. The molecule has 138 valence electrons. The number of hydrogen-bond donors (Lipinski definition) is 2. The molecule has 1 fully saturated rings. The first kappa shape index (κ1) is 18.2. The Morgan fingerprint density at radius 3 is 2.69 bits per heavy atom. The van der Waals surface area contributed by atoms with Crippen molar-refractivity contribution in [2.75, 3.05) is 25.5 Å². The summed E-state index contributed by atoms with van der Waals surface area (Å²) in [5, 5.41) is 5.97. The molecule has 2 N–H and O–H groups in total. The molecule has 2 aromatic carbocycles. The van der Waals surface area contributed by atoms with Gasteiger partial charge in [0.25, 0.3) is 0 Å². The van der Waals surface area contributed by atoms with Gasteiger partial charge in [-0.15, -0.1) is 0 Å². The summed E-state index contributed by atoms with van der Waals surface area (Å²) in [4.78, 5) is 12.2. The van der Waals surface area contributed by atoms with Crippen LogP contribution in [0.15, 0.2) is 36.4 Å². The molecule has 1 aliphatic rings. The Balaban J connectivity index is 1.70. The lowest BCUT2D eigenvalue weighted by atomic mass is 9.99. The van der Waals surface area contributed by atoms with Gasteiger partial charge >= 0.3 is 0 Å². The van der Waals surface area contributed by atoms with Crippen LogP contribution in [0.25, 0.3) is 0 Å². The molecule has 0 aromatic heterocycles. The van der Waals surface area contributed by atoms with Crippen molar-refractivity contribution < 1.29 is 18.7 Å². The highest BCUT2D eigenvalue weighted by Gasteiger charge is 2.21. The van der Waals surface area contributed by atoms with Crippen LogP contribution in [0.1, 0.15) is 18.4 Å². The number of methoxy groups -OCH3 is 1. The zero-order valence-corrected chi connectivity index (χ0v) is 15.0. The number of hydrogen-bond acceptors (Lipinski definition) is 4. The third kappa shape index (κ3) is 4.32. The number of rotatable bonds is 5. The Morgan fingerprint density at radius 2 is 2.00 bits per heavy atom. The van der Waals surface area contributed by atoms with Crippen molar-refractivity contribution >= 4 is 11.6 Å². The summed E-state index contributed by atoms with van der Waals surface area (Å²) < 4.78 is 25.3. The van der Waals surface area contributed by atoms with Crippen molar-refractivity contribution in [3.63, 3.8) is 0 Å². The molecule has 2 aromatic rings. The second-order valence-electron chi connectivity index (χ2n) is 6.43. The predicted octanol–water partition coefficient (Wildman–Crippen LogP) is 3.87. The van der Waals surface area contributed by atoms with Gasteiger partial charge in [0.05, 0.1) is 13.0 Å². The quantitative estimate of drug-likeness (QED) is 0.852. The van der Waals surface area contributed by atoms with Gasteiger partial charge < -0.3 is 20.1 Å². The van der Waals surface area contributed by atoms with Crippen molar-refractivity contribution in [3.05, 3.63) is 47.8 Å². The first-order valence-corrected chi connectivity index (χ1v) is 8.70. The van der Waals surface area contributed by atoms with Gasteiger partial charge in [0.1, 0.15) is 0 Å². The molecule has 0 aliphatic carbocycles. The summed E-state index contributed by atoms with van der Waals surface area (Å²) in [6.45, 7) is 3.53. The maximum Gasteiger partial charge on any atom is 0.228 e. The van der Waals surface area contributed by atoms with Crippen LogP contribution in [0, 0.1) is 18.7 Å². The Hall–Kier alpha value is -2.60. The second-order valence-corrected chi connectivity index (χ2v) is 6.43. The molecule has 1 amide bonds. The third-order valence-electron chi connectivity index (χ3n) is 4.41. The van der Waals surface area contributed by atoms with Crippen LogP contribution in [-0.2, 0) is 4.79 Å². The smallest absolute Gasteiger partial charge is 0.228 e. The molecule has 0 radical (unpaired) electrons. The lowest BCUT2D eigenvalue weighted by molar-refractivity contribution is -0.120. The molecule has 1 heterocycles. The summed E-state index contributed by atoms with van der Waals surface area (Å²) in [5.41, 5.74) is 1.44. The number of anilines is 1. The molecule has 26 heavy (non-hydrogen) atoms. The molecule has 0 spiro atoms. The fourth-order valence-corrected chi connectivity index (χ4v) is 2.96. The fraction of sp³-hybridized carbons (Fsp3) is 0.350. The van der Waals surface area contributed by atoms with Crippen LogP contribution in [-0.4, -0.2) is 26.1 Å². The summed E-state index contributed by atoms with van der Waals surface area (Å²) >= 11 is 0. The molecule has 6 heteroatoms. The lowest BCUT2D eigenvalue weighted by Gasteiger charge is -2.22. The van der Waals surface area contributed by atoms with E-state index in [4.69, 9.17) is 9.47 Å². The highest BCUT2D eigenvalue weighted by molar-refractivity contribution is 5.92. The number of ether oxygens (including phenoxy) is 2. The Bertz CT molecular complexity index is 789. The van der Waals surface area contributed by atoms with Gasteiger partial charge in [-0.1, -0.05) is 6.07 Å². The Morgan fingerprint density at radius 1 is 1.19 bits per heavy atom. The first-order valence-electron chi connectivity index (χ1n) is 8.70. The van der Waals surface area contributed by atoms with E-state index in [9.17, 15) is 9.18 Å². The Kier molecular flexibility index (Phi) is 5.73. The van der Waals surface area contributed by atoms with Gasteiger partial charge in [-0.05, 0) is 56.1 Å². The molecular weight excluding hydrogens is 335 g/mol. The van der Waals surface area contributed by atoms with E-state index in [1.54, 1.807) is 12.1 Å². The van der Waals surface area contributed by atoms with Crippen molar-refractivity contribution in [1.29, 1.82) is 0 Å². The normalized spacial score (nSPS) is 16.8. The molecule has 1 atom stereocenters. The minimum absolute atomic E-state index is 0.0736. The van der Waals surface area contributed by atoms with Crippen molar-refractivity contribution in [3.8, 4) is 17.2 Å². The highest BCUT2D eigenvalue weighted by atomic mass is 19.1. The number of aryl methyl sites for hydroxylation is 1. The predicted molar refractivity (Wildman–Crippen MR) is 98.4 cm³/mol. The average Bonchev–Trinajstić information content (AvgIpc) is 2.65. The molecule has 1 aliphatic heterocycles. The zero-order valence-electron chi connectivity index (χ0n) is 15.0. The summed E-state index contributed by atoms with van der Waals surface area (Å²) in [6.07, 6.45) is 1.81. The first-order chi connectivity index (χ1) is 12.6. The topological polar surface area (TPSA) is 59.6 Å². The van der Waals surface area contributed by atoms with E-state index < -0.39 is 5.82 Å². The third-order valence-corrected chi connectivity index (χ3v) is 4.41. The van der Waals surface area contributed by atoms with Crippen molar-refractivity contribution in [2.24, 2.45) is 5.92 Å². The van der Waals surface area contributed by atoms with Gasteiger partial charge in [-0.3, -0.25) is 4.79 Å². The molecular formula is C20H23FN2O3. The van der Waals surface area contributed by atoms with Crippen molar-refractivity contribution in [1.82, 2.24) is 5.32 Å². The van der Waals surface area contributed by atoms with Crippen LogP contribution < -0.4 is 20.1 Å². The second kappa shape index (κ2) is 8.19. The van der Waals surface area contributed by atoms with Gasteiger partial charge in [0.15, 0.2) is 23.1 Å². The summed E-state index contributed by atoms with van der Waals surface area (Å²) in [6, 6.07) is 9.82. The van der Waals surface area contributed by atoms with Gasteiger partial charge in [-0.2, -0.15) is 0 Å². The van der Waals surface area contributed by atoms with E-state index in [1.165, 1.54) is 19.2 Å². The van der Waals surface area contributed by atoms with Crippen LogP contribution >= 0.6 is 0 Å². The largest absolute Gasteiger partial charge is 0.493 e. The van der Waals surface area contributed by atoms with Crippen LogP contribution in [0.3, 0.4) is 0 Å². The van der Waals surface area contributed by atoms with E-state index in [1.807, 2.05) is 19.1 Å². The number of benzene rings is 2. The van der Waals surface area contributed by atoms with Gasteiger partial charge in [0.2, 0.25) is 5.91 Å². The van der Waals surface area contributed by atoms with E-state index in [0.717, 1.165) is 24.9 Å². The van der Waals surface area contributed by atoms with Crippen LogP contribution in [0.2, 0.25) is 0 Å². The number of nitrogens with one attached hydrogen (secondary N) is 2. The number of halogens is 1. The monoisotopic (exact) mass is 358 g/mol. The lowest BCUT2D eigenvalue weighted by Crippen LogP contribution is -2.37. The molecule has 0 saturated carbocycles. The zero-order chi connectivity index (χ0) is 18.5. The average molecular weight is 358 g/mol. The number of amides is 1. The van der Waals surface area contributed by atoms with E-state index >= 15 is 0 Å². The SMILES string of the molecule is COc1cc(C)ccc1Oc1ccc(NC(=O)C2CCCNC2)cc1F. The molecule has 0 bridgehead atoms. The number of carbonyl (C=O) groups is 1. The Labute approximate surface area is 152 Å². The fourth-order valence-electron chi connectivity index (χ4n) is 2.96. The van der Waals surface area contributed by atoms with Crippen LogP contribution in [0.4, 0.5) is 10.1 Å². The van der Waals surface area contributed by atoms with Gasteiger partial charge in [0, 0.05) is 18.3 Å². The maximum atomic E-state index is 14.4. The minimum atomic E-state index is -0.549. The summed E-state index contributed by atoms with van der Waals surface area (Å²) in [7, 11) is 1.54. The standard InChI is InChI=1S/C20H23FN2O3/c1-13-5-7-18(19(10-13)25-2)26-17-8-6-15(11-16(17)21)23-20(24)14-4-3-9-22-12-14/h5-8,10-11,14,22H,3-4,9,12H2,1-2H3,(H,23,24). The molecule has 3 rings (SSSR count). The van der Waals surface area contributed by atoms with Crippen molar-refractivity contribution in [2.45, 2.75) is 19.8 Å². The van der Waals surface area contributed by atoms with E-state index in [0.29, 0.717) is 23.7 Å². The maximum absolute atomic E-state index is 14.4. The van der Waals surface area contributed by atoms with E-state index in [2.05, 4.69) is 10.6 Å². The molecule has 1 saturated heterocycles. The molecule has 5 nitrogen and oxygen atoms in total. The minimum Gasteiger partial charge on any atom is -0.493 e. The van der Waals surface area contributed by atoms with Crippen LogP contribution in [0.5, 0.6) is 17.2 Å². The highest BCUT2D eigenvalue weighted by Crippen LogP contribution is 2.34. The van der Waals surface area contributed by atoms with E-state index in [-0.39, 0.29) is 17.6 Å². The van der Waals surface area contributed by atoms with Gasteiger partial charge in [-0.25, -0.2) is 4.39 Å². The number of piperidine rings is 1.